The van der Waals surface area contributed by atoms with E-state index < -0.39 is 0 Å². The number of hydrogen-bond acceptors (Lipinski definition) is 8. The topological polar surface area (TPSA) is 78.0 Å². The molecule has 0 radical (unpaired) electrons. The Labute approximate surface area is 187 Å². The first-order valence-electron chi connectivity index (χ1n) is 10.7. The zero-order valence-electron chi connectivity index (χ0n) is 18.0. The first-order chi connectivity index (χ1) is 15.8. The third kappa shape index (κ3) is 4.61. The van der Waals surface area contributed by atoms with Crippen molar-refractivity contribution in [3.05, 3.63) is 66.0 Å². The standard InChI is InChI=1S/C24H26N4O4/c1-29-19-14-21-20(31-11-12-32-21)13-17(19)15-28-9-10-30-22(16-28)18-5-4-7-24(26-18)27-23-6-2-3-8-25-23/h2-8,13-14,22H,9-12,15-16H2,1H3,(H,25,26,27)/t22-/m0/s1. The summed E-state index contributed by atoms with van der Waals surface area (Å²) in [6, 6.07) is 15.6. The molecule has 0 amide bonds. The van der Waals surface area contributed by atoms with E-state index in [4.69, 9.17) is 23.9 Å². The molecule has 0 saturated carbocycles. The van der Waals surface area contributed by atoms with E-state index in [2.05, 4.69) is 15.2 Å². The molecule has 1 atom stereocenters. The summed E-state index contributed by atoms with van der Waals surface area (Å²) in [6.45, 7) is 4.05. The van der Waals surface area contributed by atoms with E-state index in [1.807, 2.05) is 48.5 Å². The molecule has 0 unspecified atom stereocenters. The number of benzene rings is 1. The van der Waals surface area contributed by atoms with Crippen molar-refractivity contribution in [3.63, 3.8) is 0 Å². The van der Waals surface area contributed by atoms with Gasteiger partial charge in [0.1, 0.15) is 36.7 Å². The molecule has 8 heteroatoms. The van der Waals surface area contributed by atoms with Crippen LogP contribution in [0.15, 0.2) is 54.7 Å². The van der Waals surface area contributed by atoms with Gasteiger partial charge in [0.15, 0.2) is 11.5 Å². The first-order valence-corrected chi connectivity index (χ1v) is 10.7. The molecule has 8 nitrogen and oxygen atoms in total. The quantitative estimate of drug-likeness (QED) is 0.631. The van der Waals surface area contributed by atoms with Crippen molar-refractivity contribution in [1.82, 2.24) is 14.9 Å². The highest BCUT2D eigenvalue weighted by Crippen LogP contribution is 2.37. The summed E-state index contributed by atoms with van der Waals surface area (Å²) in [5, 5.41) is 3.24. The largest absolute Gasteiger partial charge is 0.496 e. The second kappa shape index (κ2) is 9.42. The fourth-order valence-corrected chi connectivity index (χ4v) is 3.96. The molecule has 2 aromatic heterocycles. The number of pyridine rings is 2. The number of aromatic nitrogens is 2. The van der Waals surface area contributed by atoms with Crippen LogP contribution in [0.3, 0.4) is 0 Å². The molecule has 3 aromatic rings. The summed E-state index contributed by atoms with van der Waals surface area (Å²) in [6.07, 6.45) is 1.64. The van der Waals surface area contributed by atoms with Crippen molar-refractivity contribution in [2.24, 2.45) is 0 Å². The average Bonchev–Trinajstić information content (AvgIpc) is 2.84. The lowest BCUT2D eigenvalue weighted by Crippen LogP contribution is -2.38. The number of fused-ring (bicyclic) bond motifs is 1. The minimum Gasteiger partial charge on any atom is -0.496 e. The maximum absolute atomic E-state index is 6.06. The van der Waals surface area contributed by atoms with Crippen LogP contribution in [0.1, 0.15) is 17.4 Å². The highest BCUT2D eigenvalue weighted by atomic mass is 16.6. The molecular formula is C24H26N4O4. The predicted molar refractivity (Wildman–Crippen MR) is 120 cm³/mol. The lowest BCUT2D eigenvalue weighted by molar-refractivity contribution is -0.0351. The Bertz CT molecular complexity index is 1060. The number of morpholine rings is 1. The van der Waals surface area contributed by atoms with E-state index in [-0.39, 0.29) is 6.10 Å². The minimum atomic E-state index is -0.113. The van der Waals surface area contributed by atoms with Crippen LogP contribution in [-0.2, 0) is 11.3 Å². The minimum absolute atomic E-state index is 0.113. The second-order valence-electron chi connectivity index (χ2n) is 7.69. The molecule has 1 fully saturated rings. The first kappa shape index (κ1) is 20.5. The van der Waals surface area contributed by atoms with E-state index >= 15 is 0 Å². The maximum Gasteiger partial charge on any atom is 0.165 e. The average molecular weight is 434 g/mol. The van der Waals surface area contributed by atoms with Crippen LogP contribution in [0.5, 0.6) is 17.2 Å². The van der Waals surface area contributed by atoms with Gasteiger partial charge >= 0.3 is 0 Å². The van der Waals surface area contributed by atoms with Crippen LogP contribution in [0.25, 0.3) is 0 Å². The number of nitrogens with one attached hydrogen (secondary N) is 1. The maximum atomic E-state index is 6.06. The van der Waals surface area contributed by atoms with Crippen LogP contribution in [-0.4, -0.2) is 54.9 Å². The van der Waals surface area contributed by atoms with Crippen molar-refractivity contribution in [1.29, 1.82) is 0 Å². The van der Waals surface area contributed by atoms with Crippen LogP contribution in [0.4, 0.5) is 11.6 Å². The summed E-state index contributed by atoms with van der Waals surface area (Å²) in [4.78, 5) is 11.4. The van der Waals surface area contributed by atoms with Crippen molar-refractivity contribution in [3.8, 4) is 17.2 Å². The van der Waals surface area contributed by atoms with E-state index in [1.165, 1.54) is 0 Å². The summed E-state index contributed by atoms with van der Waals surface area (Å²) in [5.41, 5.74) is 1.96. The number of anilines is 2. The predicted octanol–water partition coefficient (Wildman–Crippen LogP) is 3.57. The summed E-state index contributed by atoms with van der Waals surface area (Å²) in [7, 11) is 1.68. The Morgan fingerprint density at radius 2 is 1.88 bits per heavy atom. The normalized spacial score (nSPS) is 18.2. The zero-order chi connectivity index (χ0) is 21.8. The molecular weight excluding hydrogens is 408 g/mol. The Hall–Kier alpha value is -3.36. The van der Waals surface area contributed by atoms with Gasteiger partial charge in [-0.3, -0.25) is 4.90 Å². The van der Waals surface area contributed by atoms with E-state index in [1.54, 1.807) is 13.3 Å². The number of ether oxygens (including phenoxy) is 4. The van der Waals surface area contributed by atoms with Crippen LogP contribution in [0.2, 0.25) is 0 Å². The Morgan fingerprint density at radius 1 is 1.03 bits per heavy atom. The SMILES string of the molecule is COc1cc2c(cc1CN1CCO[C@H](c3cccc(Nc4ccccn4)n3)C1)OCCO2. The highest BCUT2D eigenvalue weighted by Gasteiger charge is 2.25. The molecule has 166 valence electrons. The van der Waals surface area contributed by atoms with Gasteiger partial charge in [-0.15, -0.1) is 0 Å². The van der Waals surface area contributed by atoms with Gasteiger partial charge in [-0.2, -0.15) is 0 Å². The van der Waals surface area contributed by atoms with Gasteiger partial charge < -0.3 is 24.3 Å². The van der Waals surface area contributed by atoms with Gasteiger partial charge in [-0.1, -0.05) is 12.1 Å². The summed E-state index contributed by atoms with van der Waals surface area (Å²) in [5.74, 6) is 3.81. The fourth-order valence-electron chi connectivity index (χ4n) is 3.96. The van der Waals surface area contributed by atoms with Gasteiger partial charge in [0.25, 0.3) is 0 Å². The van der Waals surface area contributed by atoms with Crippen molar-refractivity contribution in [2.75, 3.05) is 45.3 Å². The second-order valence-corrected chi connectivity index (χ2v) is 7.69. The van der Waals surface area contributed by atoms with Crippen molar-refractivity contribution < 1.29 is 18.9 Å². The van der Waals surface area contributed by atoms with Crippen LogP contribution < -0.4 is 19.5 Å². The van der Waals surface area contributed by atoms with Gasteiger partial charge in [0.05, 0.1) is 19.4 Å². The molecule has 1 aromatic carbocycles. The summed E-state index contributed by atoms with van der Waals surface area (Å²) < 4.78 is 23.1. The van der Waals surface area contributed by atoms with Gasteiger partial charge in [-0.25, -0.2) is 9.97 Å². The lowest BCUT2D eigenvalue weighted by atomic mass is 10.1. The lowest BCUT2D eigenvalue weighted by Gasteiger charge is -2.33. The molecule has 0 spiro atoms. The molecule has 5 rings (SSSR count). The Morgan fingerprint density at radius 3 is 2.69 bits per heavy atom. The van der Waals surface area contributed by atoms with Gasteiger partial charge in [0.2, 0.25) is 0 Å². The number of nitrogens with zero attached hydrogens (tertiary/aromatic N) is 3. The van der Waals surface area contributed by atoms with E-state index in [0.29, 0.717) is 19.8 Å². The van der Waals surface area contributed by atoms with Crippen LogP contribution in [0, 0.1) is 0 Å². The fraction of sp³-hybridized carbons (Fsp3) is 0.333. The van der Waals surface area contributed by atoms with E-state index in [0.717, 1.165) is 59.8 Å². The van der Waals surface area contributed by atoms with Crippen LogP contribution >= 0.6 is 0 Å². The smallest absolute Gasteiger partial charge is 0.165 e. The third-order valence-electron chi connectivity index (χ3n) is 5.51. The zero-order valence-corrected chi connectivity index (χ0v) is 18.0. The molecule has 32 heavy (non-hydrogen) atoms. The molecule has 2 aliphatic heterocycles. The van der Waals surface area contributed by atoms with Crippen molar-refractivity contribution >= 4 is 11.6 Å². The van der Waals surface area contributed by atoms with Gasteiger partial charge in [0, 0.05) is 37.5 Å². The number of hydrogen-bond donors (Lipinski definition) is 1. The van der Waals surface area contributed by atoms with Gasteiger partial charge in [-0.05, 0) is 30.3 Å². The Balaban J connectivity index is 1.30. The number of rotatable bonds is 6. The molecule has 2 aliphatic rings. The third-order valence-corrected chi connectivity index (χ3v) is 5.51. The molecule has 1 saturated heterocycles. The van der Waals surface area contributed by atoms with Crippen molar-refractivity contribution in [2.45, 2.75) is 12.6 Å². The summed E-state index contributed by atoms with van der Waals surface area (Å²) >= 11 is 0. The Kier molecular flexibility index (Phi) is 6.04. The monoisotopic (exact) mass is 434 g/mol. The molecule has 4 heterocycles. The number of methoxy groups -OCH3 is 1. The molecule has 0 aliphatic carbocycles. The van der Waals surface area contributed by atoms with E-state index in [9.17, 15) is 0 Å². The molecule has 0 bridgehead atoms. The molecule has 1 N–H and O–H groups in total. The highest BCUT2D eigenvalue weighted by molar-refractivity contribution is 5.52.